The van der Waals surface area contributed by atoms with E-state index in [1.165, 1.54) is 11.1 Å². The van der Waals surface area contributed by atoms with Crippen molar-refractivity contribution >= 4 is 11.7 Å². The molecule has 2 aromatic carbocycles. The van der Waals surface area contributed by atoms with Crippen LogP contribution in [-0.4, -0.2) is 49.1 Å². The minimum atomic E-state index is 0.0817. The fourth-order valence-electron chi connectivity index (χ4n) is 3.03. The van der Waals surface area contributed by atoms with Crippen molar-refractivity contribution in [1.29, 1.82) is 0 Å². The monoisotopic (exact) mass is 323 g/mol. The van der Waals surface area contributed by atoms with E-state index in [0.29, 0.717) is 0 Å². The summed E-state index contributed by atoms with van der Waals surface area (Å²) in [7, 11) is 1.85. The molecule has 0 bridgehead atoms. The molecule has 1 heterocycles. The molecule has 0 radical (unpaired) electrons. The molecule has 1 fully saturated rings. The predicted molar refractivity (Wildman–Crippen MR) is 98.3 cm³/mol. The number of rotatable bonds is 3. The van der Waals surface area contributed by atoms with Crippen LogP contribution < -0.4 is 4.90 Å². The van der Waals surface area contributed by atoms with Gasteiger partial charge in [-0.25, -0.2) is 4.79 Å². The zero-order chi connectivity index (χ0) is 16.9. The number of piperazine rings is 1. The van der Waals surface area contributed by atoms with Gasteiger partial charge in [0.2, 0.25) is 0 Å². The van der Waals surface area contributed by atoms with Gasteiger partial charge in [-0.15, -0.1) is 0 Å². The number of hydrogen-bond acceptors (Lipinski definition) is 2. The van der Waals surface area contributed by atoms with E-state index < -0.39 is 0 Å². The first-order valence-corrected chi connectivity index (χ1v) is 8.49. The molecule has 2 amide bonds. The van der Waals surface area contributed by atoms with Gasteiger partial charge in [0.05, 0.1) is 0 Å². The van der Waals surface area contributed by atoms with Crippen LogP contribution in [-0.2, 0) is 6.54 Å². The highest BCUT2D eigenvalue weighted by atomic mass is 16.2. The Bertz CT molecular complexity index is 661. The lowest BCUT2D eigenvalue weighted by Crippen LogP contribution is -2.51. The summed E-state index contributed by atoms with van der Waals surface area (Å²) in [4.78, 5) is 18.8. The van der Waals surface area contributed by atoms with Crippen molar-refractivity contribution in [2.75, 3.05) is 38.1 Å². The second kappa shape index (κ2) is 7.49. The Hall–Kier alpha value is -2.33. The zero-order valence-electron chi connectivity index (χ0n) is 14.5. The van der Waals surface area contributed by atoms with Gasteiger partial charge in [0.25, 0.3) is 0 Å². The largest absolute Gasteiger partial charge is 0.324 e. The Balaban J connectivity index is 1.54. The van der Waals surface area contributed by atoms with Crippen LogP contribution in [0.3, 0.4) is 0 Å². The van der Waals surface area contributed by atoms with Crippen molar-refractivity contribution in [3.8, 4) is 0 Å². The first kappa shape index (κ1) is 16.5. The maximum absolute atomic E-state index is 12.7. The number of amides is 2. The van der Waals surface area contributed by atoms with Crippen molar-refractivity contribution in [3.63, 3.8) is 0 Å². The molecule has 1 saturated heterocycles. The van der Waals surface area contributed by atoms with E-state index >= 15 is 0 Å². The van der Waals surface area contributed by atoms with Gasteiger partial charge in [0.1, 0.15) is 0 Å². The van der Waals surface area contributed by atoms with Gasteiger partial charge in [0.15, 0.2) is 0 Å². The Labute approximate surface area is 144 Å². The van der Waals surface area contributed by atoms with Crippen LogP contribution in [0.1, 0.15) is 11.1 Å². The molecule has 1 aliphatic heterocycles. The van der Waals surface area contributed by atoms with Gasteiger partial charge in [-0.05, 0) is 24.6 Å². The van der Waals surface area contributed by atoms with E-state index in [4.69, 9.17) is 0 Å². The SMILES string of the molecule is Cc1ccc(N(C)C(=O)N2CCN(Cc3ccccc3)CC2)cc1. The maximum Gasteiger partial charge on any atom is 0.324 e. The van der Waals surface area contributed by atoms with Gasteiger partial charge < -0.3 is 4.90 Å². The fourth-order valence-corrected chi connectivity index (χ4v) is 3.03. The lowest BCUT2D eigenvalue weighted by Gasteiger charge is -2.36. The molecular weight excluding hydrogens is 298 g/mol. The van der Waals surface area contributed by atoms with Gasteiger partial charge >= 0.3 is 6.03 Å². The van der Waals surface area contributed by atoms with Crippen molar-refractivity contribution in [1.82, 2.24) is 9.80 Å². The number of nitrogens with zero attached hydrogens (tertiary/aromatic N) is 3. The van der Waals surface area contributed by atoms with Gasteiger partial charge in [-0.2, -0.15) is 0 Å². The quantitative estimate of drug-likeness (QED) is 0.866. The molecule has 0 saturated carbocycles. The minimum Gasteiger partial charge on any atom is -0.322 e. The Morgan fingerprint density at radius 1 is 0.958 bits per heavy atom. The molecule has 0 unspecified atom stereocenters. The van der Waals surface area contributed by atoms with Crippen LogP contribution in [0.2, 0.25) is 0 Å². The van der Waals surface area contributed by atoms with E-state index in [0.717, 1.165) is 38.4 Å². The van der Waals surface area contributed by atoms with Crippen LogP contribution in [0.25, 0.3) is 0 Å². The van der Waals surface area contributed by atoms with E-state index in [2.05, 4.69) is 36.1 Å². The van der Waals surface area contributed by atoms with Crippen molar-refractivity contribution < 1.29 is 4.79 Å². The molecule has 0 atom stereocenters. The third-order valence-electron chi connectivity index (χ3n) is 4.60. The molecular formula is C20H25N3O. The van der Waals surface area contributed by atoms with Gasteiger partial charge in [-0.1, -0.05) is 48.0 Å². The number of hydrogen-bond donors (Lipinski definition) is 0. The molecule has 126 valence electrons. The number of aryl methyl sites for hydroxylation is 1. The third-order valence-corrected chi connectivity index (χ3v) is 4.60. The highest BCUT2D eigenvalue weighted by molar-refractivity contribution is 5.91. The molecule has 3 rings (SSSR count). The molecule has 4 nitrogen and oxygen atoms in total. The Morgan fingerprint density at radius 3 is 2.21 bits per heavy atom. The number of urea groups is 1. The Morgan fingerprint density at radius 2 is 1.58 bits per heavy atom. The molecule has 0 aliphatic carbocycles. The van der Waals surface area contributed by atoms with Crippen molar-refractivity contribution in [3.05, 3.63) is 65.7 Å². The summed E-state index contributed by atoms with van der Waals surface area (Å²) < 4.78 is 0. The second-order valence-electron chi connectivity index (χ2n) is 6.43. The molecule has 24 heavy (non-hydrogen) atoms. The van der Waals surface area contributed by atoms with E-state index in [-0.39, 0.29) is 6.03 Å². The summed E-state index contributed by atoms with van der Waals surface area (Å²) in [6.07, 6.45) is 0. The van der Waals surface area contributed by atoms with Crippen molar-refractivity contribution in [2.45, 2.75) is 13.5 Å². The van der Waals surface area contributed by atoms with E-state index in [9.17, 15) is 4.79 Å². The summed E-state index contributed by atoms with van der Waals surface area (Å²) in [5, 5.41) is 0. The zero-order valence-corrected chi connectivity index (χ0v) is 14.5. The smallest absolute Gasteiger partial charge is 0.322 e. The molecule has 0 N–H and O–H groups in total. The van der Waals surface area contributed by atoms with Gasteiger partial charge in [-0.3, -0.25) is 9.80 Å². The van der Waals surface area contributed by atoms with Crippen LogP contribution in [0.15, 0.2) is 54.6 Å². The van der Waals surface area contributed by atoms with Crippen LogP contribution in [0, 0.1) is 6.92 Å². The van der Waals surface area contributed by atoms with Crippen molar-refractivity contribution in [2.24, 2.45) is 0 Å². The summed E-state index contributed by atoms with van der Waals surface area (Å²) in [5.41, 5.74) is 3.47. The number of benzene rings is 2. The highest BCUT2D eigenvalue weighted by Gasteiger charge is 2.24. The number of carbonyl (C=O) groups is 1. The number of anilines is 1. The summed E-state index contributed by atoms with van der Waals surface area (Å²) in [6.45, 7) is 6.41. The van der Waals surface area contributed by atoms with Gasteiger partial charge in [0, 0.05) is 45.5 Å². The number of carbonyl (C=O) groups excluding carboxylic acids is 1. The summed E-state index contributed by atoms with van der Waals surface area (Å²) in [6, 6.07) is 18.7. The molecule has 0 aromatic heterocycles. The maximum atomic E-state index is 12.7. The summed E-state index contributed by atoms with van der Waals surface area (Å²) >= 11 is 0. The molecule has 2 aromatic rings. The van der Waals surface area contributed by atoms with Crippen LogP contribution in [0.5, 0.6) is 0 Å². The molecule has 1 aliphatic rings. The lowest BCUT2D eigenvalue weighted by atomic mass is 10.2. The van der Waals surface area contributed by atoms with E-state index in [1.807, 2.05) is 42.3 Å². The molecule has 0 spiro atoms. The second-order valence-corrected chi connectivity index (χ2v) is 6.43. The Kier molecular flexibility index (Phi) is 5.16. The normalized spacial score (nSPS) is 15.3. The first-order chi connectivity index (χ1) is 11.6. The average Bonchev–Trinajstić information content (AvgIpc) is 2.63. The predicted octanol–water partition coefficient (Wildman–Crippen LogP) is 3.37. The standard InChI is InChI=1S/C20H25N3O/c1-17-8-10-19(11-9-17)21(2)20(24)23-14-12-22(13-15-23)16-18-6-4-3-5-7-18/h3-11H,12-16H2,1-2H3. The topological polar surface area (TPSA) is 26.8 Å². The van der Waals surface area contributed by atoms with E-state index in [1.54, 1.807) is 4.90 Å². The minimum absolute atomic E-state index is 0.0817. The highest BCUT2D eigenvalue weighted by Crippen LogP contribution is 2.16. The van der Waals surface area contributed by atoms with Crippen LogP contribution >= 0.6 is 0 Å². The average molecular weight is 323 g/mol. The summed E-state index contributed by atoms with van der Waals surface area (Å²) in [5.74, 6) is 0. The lowest BCUT2D eigenvalue weighted by molar-refractivity contribution is 0.140. The molecule has 4 heteroatoms. The first-order valence-electron chi connectivity index (χ1n) is 8.49. The third kappa shape index (κ3) is 3.95. The fraction of sp³-hybridized carbons (Fsp3) is 0.350. The van der Waals surface area contributed by atoms with Crippen LogP contribution in [0.4, 0.5) is 10.5 Å².